The van der Waals surface area contributed by atoms with Gasteiger partial charge < -0.3 is 43.6 Å². The highest BCUT2D eigenvalue weighted by Gasteiger charge is 2.55. The third kappa shape index (κ3) is 10.1. The highest BCUT2D eigenvalue weighted by atomic mass is 31.2. The monoisotopic (exact) mass is 752 g/mol. The minimum Gasteiger partial charge on any atom is -0.358 e. The quantitative estimate of drug-likeness (QED) is 0.0732. The Morgan fingerprint density at radius 3 is 1.34 bits per heavy atom. The molecule has 1 aliphatic heterocycles. The standard InChI is InChI=1S/C32H35O15P3/c33-48(34,35)45-28-27(22-43-32(24-15-7-2-8-16-24,25-17-9-3-10-18-25)26-19-11-4-12-20-26)44-31(42-21-23-13-5-1-6-14-23)30(47-50(39,40)41)29(28)46-49(36,37)38/h1-20,27-31H,21-22H2,(H2,33,34,35)(H2,36,37,38)(H2,39,40,41)/t27-,28-,29+,30-,31+/m0/s1. The predicted molar refractivity (Wildman–Crippen MR) is 176 cm³/mol. The first-order valence-corrected chi connectivity index (χ1v) is 19.6. The molecule has 0 spiro atoms. The molecule has 18 heteroatoms. The van der Waals surface area contributed by atoms with E-state index in [-0.39, 0.29) is 6.61 Å². The van der Waals surface area contributed by atoms with E-state index in [2.05, 4.69) is 0 Å². The molecule has 5 atom stereocenters. The third-order valence-electron chi connectivity index (χ3n) is 7.63. The summed E-state index contributed by atoms with van der Waals surface area (Å²) in [6, 6.07) is 35.4. The van der Waals surface area contributed by atoms with Gasteiger partial charge in [0.05, 0.1) is 13.2 Å². The van der Waals surface area contributed by atoms with Gasteiger partial charge >= 0.3 is 23.5 Å². The van der Waals surface area contributed by atoms with Crippen molar-refractivity contribution in [2.75, 3.05) is 6.61 Å². The predicted octanol–water partition coefficient (Wildman–Crippen LogP) is 4.37. The molecule has 1 heterocycles. The van der Waals surface area contributed by atoms with Gasteiger partial charge in [0, 0.05) is 0 Å². The summed E-state index contributed by atoms with van der Waals surface area (Å²) in [5.74, 6) is 0. The number of hydrogen-bond donors (Lipinski definition) is 6. The van der Waals surface area contributed by atoms with E-state index in [1.54, 1.807) is 121 Å². The molecule has 0 bridgehead atoms. The van der Waals surface area contributed by atoms with E-state index in [1.165, 1.54) is 0 Å². The fraction of sp³-hybridized carbons (Fsp3) is 0.250. The summed E-state index contributed by atoms with van der Waals surface area (Å²) in [7, 11) is -16.6. The van der Waals surface area contributed by atoms with Gasteiger partial charge in [-0.2, -0.15) is 0 Å². The second-order valence-electron chi connectivity index (χ2n) is 11.1. The van der Waals surface area contributed by atoms with Gasteiger partial charge in [-0.15, -0.1) is 0 Å². The molecule has 1 fully saturated rings. The molecule has 6 N–H and O–H groups in total. The molecule has 0 saturated carbocycles. The Kier molecular flexibility index (Phi) is 12.4. The summed E-state index contributed by atoms with van der Waals surface area (Å²) in [5.41, 5.74) is 1.03. The van der Waals surface area contributed by atoms with Crippen LogP contribution in [0, 0.1) is 0 Å². The number of ether oxygens (including phenoxy) is 3. The van der Waals surface area contributed by atoms with Crippen LogP contribution in [0.2, 0.25) is 0 Å². The Bertz CT molecular complexity index is 1700. The Balaban J connectivity index is 1.63. The normalized spacial score (nSPS) is 21.9. The average Bonchev–Trinajstić information content (AvgIpc) is 3.07. The van der Waals surface area contributed by atoms with Crippen LogP contribution in [0.3, 0.4) is 0 Å². The molecular weight excluding hydrogens is 717 g/mol. The molecule has 0 unspecified atom stereocenters. The molecule has 5 rings (SSSR count). The van der Waals surface area contributed by atoms with E-state index < -0.39 is 66.4 Å². The molecular formula is C32H35O15P3. The van der Waals surface area contributed by atoms with Crippen molar-refractivity contribution in [3.8, 4) is 0 Å². The van der Waals surface area contributed by atoms with Crippen LogP contribution in [-0.4, -0.2) is 66.7 Å². The fourth-order valence-corrected chi connectivity index (χ4v) is 7.38. The summed E-state index contributed by atoms with van der Waals surface area (Å²) in [5, 5.41) is 0. The summed E-state index contributed by atoms with van der Waals surface area (Å²) in [6.07, 6.45) is -10.2. The van der Waals surface area contributed by atoms with Crippen LogP contribution in [0.15, 0.2) is 121 Å². The van der Waals surface area contributed by atoms with Crippen molar-refractivity contribution >= 4 is 23.5 Å². The van der Waals surface area contributed by atoms with Crippen molar-refractivity contribution in [2.45, 2.75) is 42.9 Å². The second-order valence-corrected chi connectivity index (χ2v) is 14.7. The molecule has 268 valence electrons. The molecule has 50 heavy (non-hydrogen) atoms. The number of rotatable bonds is 15. The van der Waals surface area contributed by atoms with Crippen molar-refractivity contribution < 1.29 is 70.8 Å². The lowest BCUT2D eigenvalue weighted by Crippen LogP contribution is -2.61. The number of hydrogen-bond acceptors (Lipinski definition) is 9. The van der Waals surface area contributed by atoms with E-state index in [4.69, 9.17) is 27.8 Å². The van der Waals surface area contributed by atoms with Gasteiger partial charge in [-0.05, 0) is 22.3 Å². The Morgan fingerprint density at radius 2 is 0.920 bits per heavy atom. The number of phosphoric ester groups is 3. The molecule has 4 aromatic carbocycles. The van der Waals surface area contributed by atoms with Crippen LogP contribution in [0.1, 0.15) is 22.3 Å². The maximum atomic E-state index is 12.3. The maximum Gasteiger partial charge on any atom is 0.470 e. The van der Waals surface area contributed by atoms with Crippen molar-refractivity contribution in [1.82, 2.24) is 0 Å². The molecule has 0 aliphatic carbocycles. The molecule has 15 nitrogen and oxygen atoms in total. The zero-order valence-electron chi connectivity index (χ0n) is 26.0. The van der Waals surface area contributed by atoms with Crippen LogP contribution in [0.4, 0.5) is 0 Å². The Morgan fingerprint density at radius 1 is 0.540 bits per heavy atom. The smallest absolute Gasteiger partial charge is 0.358 e. The Labute approximate surface area is 287 Å². The van der Waals surface area contributed by atoms with Crippen molar-refractivity contribution in [2.24, 2.45) is 0 Å². The summed E-state index contributed by atoms with van der Waals surface area (Å²) >= 11 is 0. The minimum atomic E-state index is -5.58. The fourth-order valence-electron chi connectivity index (χ4n) is 5.71. The van der Waals surface area contributed by atoms with Gasteiger partial charge in [-0.3, -0.25) is 13.6 Å². The highest BCUT2D eigenvalue weighted by Crippen LogP contribution is 2.51. The first kappa shape index (κ1) is 38.3. The van der Waals surface area contributed by atoms with Crippen molar-refractivity contribution in [3.05, 3.63) is 144 Å². The molecule has 0 aromatic heterocycles. The van der Waals surface area contributed by atoms with Crippen molar-refractivity contribution in [1.29, 1.82) is 0 Å². The van der Waals surface area contributed by atoms with Crippen LogP contribution in [-0.2, 0) is 53.7 Å². The lowest BCUT2D eigenvalue weighted by molar-refractivity contribution is -0.299. The molecule has 0 radical (unpaired) electrons. The first-order chi connectivity index (χ1) is 23.6. The SMILES string of the molecule is O=P(O)(O)O[C@H]1[C@H](OP(=O)(O)O)[C@H](OCc2ccccc2)O[C@@H](COC(c2ccccc2)(c2ccccc2)c2ccccc2)[C@@H]1OP(=O)(O)O. The van der Waals surface area contributed by atoms with Gasteiger partial charge in [-0.25, -0.2) is 13.7 Å². The summed E-state index contributed by atoms with van der Waals surface area (Å²) in [6.45, 7) is -0.868. The summed E-state index contributed by atoms with van der Waals surface area (Å²) in [4.78, 5) is 59.1. The summed E-state index contributed by atoms with van der Waals surface area (Å²) < 4.78 is 70.1. The van der Waals surface area contributed by atoms with Gasteiger partial charge in [0.1, 0.15) is 30.0 Å². The van der Waals surface area contributed by atoms with Gasteiger partial charge in [0.15, 0.2) is 6.29 Å². The second kappa shape index (κ2) is 16.2. The average molecular weight is 753 g/mol. The Hall–Kier alpha value is -2.91. The topological polar surface area (TPSA) is 228 Å². The number of benzene rings is 4. The van der Waals surface area contributed by atoms with E-state index in [9.17, 15) is 43.1 Å². The lowest BCUT2D eigenvalue weighted by Gasteiger charge is -2.46. The highest BCUT2D eigenvalue weighted by molar-refractivity contribution is 7.47. The van der Waals surface area contributed by atoms with E-state index in [0.717, 1.165) is 0 Å². The lowest BCUT2D eigenvalue weighted by atomic mass is 9.80. The van der Waals surface area contributed by atoms with Crippen LogP contribution in [0.5, 0.6) is 0 Å². The van der Waals surface area contributed by atoms with Crippen LogP contribution >= 0.6 is 23.5 Å². The number of phosphoric acid groups is 3. The zero-order valence-corrected chi connectivity index (χ0v) is 28.7. The molecule has 4 aromatic rings. The third-order valence-corrected chi connectivity index (χ3v) is 9.18. The largest absolute Gasteiger partial charge is 0.470 e. The first-order valence-electron chi connectivity index (χ1n) is 15.0. The molecule has 0 amide bonds. The van der Waals surface area contributed by atoms with E-state index >= 15 is 0 Å². The van der Waals surface area contributed by atoms with Crippen LogP contribution < -0.4 is 0 Å². The van der Waals surface area contributed by atoms with E-state index in [1.807, 2.05) is 0 Å². The van der Waals surface area contributed by atoms with Gasteiger partial charge in [0.2, 0.25) is 0 Å². The van der Waals surface area contributed by atoms with Gasteiger partial charge in [0.25, 0.3) is 0 Å². The van der Waals surface area contributed by atoms with Crippen molar-refractivity contribution in [3.63, 3.8) is 0 Å². The van der Waals surface area contributed by atoms with Crippen LogP contribution in [0.25, 0.3) is 0 Å². The van der Waals surface area contributed by atoms with E-state index in [0.29, 0.717) is 22.3 Å². The molecule has 1 saturated heterocycles. The van der Waals surface area contributed by atoms with Gasteiger partial charge in [-0.1, -0.05) is 121 Å². The minimum absolute atomic E-state index is 0.255. The molecule has 1 aliphatic rings. The maximum absolute atomic E-state index is 12.3. The zero-order chi connectivity index (χ0) is 36.0.